The molecule has 2 atom stereocenters. The number of hydrogen-bond donors (Lipinski definition) is 5. The van der Waals surface area contributed by atoms with Crippen molar-refractivity contribution in [2.75, 3.05) is 19.6 Å². The lowest BCUT2D eigenvalue weighted by Crippen LogP contribution is -2.52. The SMILES string of the molecule is CC(C)(C)OC(=O)NCCNC(=O)C(CCCCNC(=O)OCc1ccccc1Cl)NC(=O)C(N)Cc1ccccc1. The first-order chi connectivity index (χ1) is 19.9. The van der Waals surface area contributed by atoms with Crippen LogP contribution < -0.4 is 27.0 Å². The summed E-state index contributed by atoms with van der Waals surface area (Å²) in [7, 11) is 0. The van der Waals surface area contributed by atoms with Crippen molar-refractivity contribution in [1.82, 2.24) is 21.3 Å². The quantitative estimate of drug-likeness (QED) is 0.195. The van der Waals surface area contributed by atoms with Crippen molar-refractivity contribution >= 4 is 35.6 Å². The fourth-order valence-corrected chi connectivity index (χ4v) is 3.96. The van der Waals surface area contributed by atoms with E-state index in [-0.39, 0.29) is 19.7 Å². The van der Waals surface area contributed by atoms with Gasteiger partial charge in [0.25, 0.3) is 0 Å². The molecule has 12 heteroatoms. The molecule has 0 fully saturated rings. The number of benzene rings is 2. The maximum Gasteiger partial charge on any atom is 0.407 e. The van der Waals surface area contributed by atoms with Gasteiger partial charge in [0.15, 0.2) is 0 Å². The minimum absolute atomic E-state index is 0.0474. The Balaban J connectivity index is 1.82. The normalized spacial score (nSPS) is 12.4. The van der Waals surface area contributed by atoms with Crippen molar-refractivity contribution in [3.63, 3.8) is 0 Å². The summed E-state index contributed by atoms with van der Waals surface area (Å²) in [5.74, 6) is -0.861. The highest BCUT2D eigenvalue weighted by molar-refractivity contribution is 6.31. The molecule has 230 valence electrons. The number of amides is 4. The van der Waals surface area contributed by atoms with Gasteiger partial charge in [0.05, 0.1) is 6.04 Å². The molecule has 2 aromatic rings. The van der Waals surface area contributed by atoms with Crippen molar-refractivity contribution < 1.29 is 28.7 Å². The van der Waals surface area contributed by atoms with Crippen LogP contribution in [0.1, 0.15) is 51.2 Å². The second kappa shape index (κ2) is 17.9. The second-order valence-corrected chi connectivity index (χ2v) is 11.1. The standard InChI is InChI=1S/C30H42ClN5O6/c1-30(2,3)42-29(40)35-18-17-33-27(38)25(36-26(37)24(32)19-21-11-5-4-6-12-21)15-9-10-16-34-28(39)41-20-22-13-7-8-14-23(22)31/h4-8,11-14,24-25H,9-10,15-20,32H2,1-3H3,(H,33,38)(H,34,39)(H,35,40)(H,36,37). The average molecular weight is 604 g/mol. The predicted octanol–water partition coefficient (Wildman–Crippen LogP) is 3.43. The zero-order valence-corrected chi connectivity index (χ0v) is 25.2. The number of rotatable bonds is 15. The zero-order chi connectivity index (χ0) is 31.0. The number of carbonyl (C=O) groups is 4. The molecule has 0 saturated heterocycles. The first-order valence-electron chi connectivity index (χ1n) is 13.9. The molecule has 0 aromatic heterocycles. The van der Waals surface area contributed by atoms with E-state index in [0.717, 1.165) is 5.56 Å². The van der Waals surface area contributed by atoms with E-state index in [9.17, 15) is 19.2 Å². The number of ether oxygens (including phenoxy) is 2. The number of carbonyl (C=O) groups excluding carboxylic acids is 4. The van der Waals surface area contributed by atoms with Gasteiger partial charge in [0.1, 0.15) is 18.2 Å². The molecule has 0 saturated carbocycles. The molecular weight excluding hydrogens is 562 g/mol. The van der Waals surface area contributed by atoms with Gasteiger partial charge in [-0.15, -0.1) is 0 Å². The molecule has 0 radical (unpaired) electrons. The third-order valence-electron chi connectivity index (χ3n) is 5.87. The Hall–Kier alpha value is -3.83. The minimum atomic E-state index is -0.854. The van der Waals surface area contributed by atoms with Gasteiger partial charge in [-0.1, -0.05) is 60.1 Å². The largest absolute Gasteiger partial charge is 0.445 e. The van der Waals surface area contributed by atoms with Crippen LogP contribution in [0.3, 0.4) is 0 Å². The number of nitrogens with two attached hydrogens (primary N) is 1. The van der Waals surface area contributed by atoms with Crippen molar-refractivity contribution in [2.24, 2.45) is 5.73 Å². The Labute approximate surface area is 252 Å². The van der Waals surface area contributed by atoms with Crippen LogP contribution >= 0.6 is 11.6 Å². The molecule has 0 aliphatic carbocycles. The van der Waals surface area contributed by atoms with Gasteiger partial charge in [-0.3, -0.25) is 9.59 Å². The highest BCUT2D eigenvalue weighted by Crippen LogP contribution is 2.15. The lowest BCUT2D eigenvalue weighted by Gasteiger charge is -2.22. The lowest BCUT2D eigenvalue weighted by atomic mass is 10.0. The van der Waals surface area contributed by atoms with E-state index in [1.165, 1.54) is 0 Å². The summed E-state index contributed by atoms with van der Waals surface area (Å²) in [5, 5.41) is 11.2. The van der Waals surface area contributed by atoms with E-state index in [4.69, 9.17) is 26.8 Å². The molecular formula is C30H42ClN5O6. The van der Waals surface area contributed by atoms with Crippen LogP contribution in [-0.4, -0.2) is 61.3 Å². The summed E-state index contributed by atoms with van der Waals surface area (Å²) in [6.45, 7) is 5.91. The van der Waals surface area contributed by atoms with Crippen LogP contribution in [0, 0.1) is 0 Å². The van der Waals surface area contributed by atoms with E-state index in [2.05, 4.69) is 21.3 Å². The molecule has 0 spiro atoms. The van der Waals surface area contributed by atoms with Crippen LogP contribution in [0.2, 0.25) is 5.02 Å². The minimum Gasteiger partial charge on any atom is -0.445 e. The number of unbranched alkanes of at least 4 members (excludes halogenated alkanes) is 1. The summed E-state index contributed by atoms with van der Waals surface area (Å²) >= 11 is 6.07. The summed E-state index contributed by atoms with van der Waals surface area (Å²) in [6.07, 6.45) is 0.518. The molecule has 6 N–H and O–H groups in total. The summed E-state index contributed by atoms with van der Waals surface area (Å²) in [6, 6.07) is 14.7. The first-order valence-corrected chi connectivity index (χ1v) is 14.3. The van der Waals surface area contributed by atoms with Gasteiger partial charge in [0, 0.05) is 30.2 Å². The molecule has 11 nitrogen and oxygen atoms in total. The smallest absolute Gasteiger partial charge is 0.407 e. The van der Waals surface area contributed by atoms with Crippen LogP contribution in [-0.2, 0) is 32.1 Å². The monoisotopic (exact) mass is 603 g/mol. The van der Waals surface area contributed by atoms with Crippen molar-refractivity contribution in [3.05, 3.63) is 70.7 Å². The van der Waals surface area contributed by atoms with Gasteiger partial charge in [0.2, 0.25) is 11.8 Å². The molecule has 0 heterocycles. The van der Waals surface area contributed by atoms with Crippen molar-refractivity contribution in [1.29, 1.82) is 0 Å². The summed E-state index contributed by atoms with van der Waals surface area (Å²) in [4.78, 5) is 49.6. The van der Waals surface area contributed by atoms with Crippen LogP contribution in [0.5, 0.6) is 0 Å². The molecule has 0 aliphatic heterocycles. The summed E-state index contributed by atoms with van der Waals surface area (Å²) in [5.41, 5.74) is 7.09. The number of halogens is 1. The van der Waals surface area contributed by atoms with E-state index in [1.807, 2.05) is 30.3 Å². The fraction of sp³-hybridized carbons (Fsp3) is 0.467. The second-order valence-electron chi connectivity index (χ2n) is 10.7. The van der Waals surface area contributed by atoms with E-state index in [0.29, 0.717) is 42.8 Å². The third-order valence-corrected chi connectivity index (χ3v) is 6.23. The zero-order valence-electron chi connectivity index (χ0n) is 24.4. The predicted molar refractivity (Wildman–Crippen MR) is 161 cm³/mol. The maximum absolute atomic E-state index is 12.9. The van der Waals surface area contributed by atoms with Crippen LogP contribution in [0.15, 0.2) is 54.6 Å². The van der Waals surface area contributed by atoms with Gasteiger partial charge in [-0.25, -0.2) is 9.59 Å². The topological polar surface area (TPSA) is 161 Å². The molecule has 2 aromatic carbocycles. The Kier molecular flexibility index (Phi) is 14.6. The third kappa shape index (κ3) is 14.2. The molecule has 2 unspecified atom stereocenters. The van der Waals surface area contributed by atoms with Crippen LogP contribution in [0.4, 0.5) is 9.59 Å². The van der Waals surface area contributed by atoms with Gasteiger partial charge in [-0.2, -0.15) is 0 Å². The molecule has 0 aliphatic rings. The van der Waals surface area contributed by atoms with E-state index in [1.54, 1.807) is 45.0 Å². The molecule has 2 rings (SSSR count). The van der Waals surface area contributed by atoms with E-state index >= 15 is 0 Å². The highest BCUT2D eigenvalue weighted by atomic mass is 35.5. The molecule has 4 amide bonds. The lowest BCUT2D eigenvalue weighted by molar-refractivity contribution is -0.129. The van der Waals surface area contributed by atoms with Crippen LogP contribution in [0.25, 0.3) is 0 Å². The van der Waals surface area contributed by atoms with Gasteiger partial charge >= 0.3 is 12.2 Å². The number of hydrogen-bond acceptors (Lipinski definition) is 7. The Morgan fingerprint density at radius 1 is 0.833 bits per heavy atom. The van der Waals surface area contributed by atoms with Gasteiger partial charge < -0.3 is 36.5 Å². The number of alkyl carbamates (subject to hydrolysis) is 2. The van der Waals surface area contributed by atoms with Gasteiger partial charge in [-0.05, 0) is 58.1 Å². The number of nitrogens with one attached hydrogen (secondary N) is 4. The van der Waals surface area contributed by atoms with Crippen molar-refractivity contribution in [2.45, 2.75) is 70.7 Å². The molecule has 42 heavy (non-hydrogen) atoms. The van der Waals surface area contributed by atoms with E-state index < -0.39 is 41.7 Å². The summed E-state index contributed by atoms with van der Waals surface area (Å²) < 4.78 is 10.4. The highest BCUT2D eigenvalue weighted by Gasteiger charge is 2.24. The molecule has 0 bridgehead atoms. The Morgan fingerprint density at radius 3 is 2.17 bits per heavy atom. The first kappa shape index (κ1) is 34.4. The average Bonchev–Trinajstić information content (AvgIpc) is 2.93. The Morgan fingerprint density at radius 2 is 1.48 bits per heavy atom. The van der Waals surface area contributed by atoms with Crippen molar-refractivity contribution in [3.8, 4) is 0 Å². The Bertz CT molecular complexity index is 1160. The maximum atomic E-state index is 12.9. The fourth-order valence-electron chi connectivity index (χ4n) is 3.77.